The predicted octanol–water partition coefficient (Wildman–Crippen LogP) is 4.71. The number of benzene rings is 3. The number of aromatic nitrogens is 3. The molecule has 0 spiro atoms. The van der Waals surface area contributed by atoms with Gasteiger partial charge in [0.1, 0.15) is 0 Å². The van der Waals surface area contributed by atoms with Crippen LogP contribution in [0.25, 0.3) is 22.2 Å². The first-order valence-corrected chi connectivity index (χ1v) is 9.01. The van der Waals surface area contributed by atoms with Crippen molar-refractivity contribution in [2.45, 2.75) is 0 Å². The van der Waals surface area contributed by atoms with Crippen molar-refractivity contribution < 1.29 is 0 Å². The van der Waals surface area contributed by atoms with Gasteiger partial charge in [0.15, 0.2) is 5.82 Å². The van der Waals surface area contributed by atoms with Gasteiger partial charge in [0.25, 0.3) is 0 Å². The summed E-state index contributed by atoms with van der Waals surface area (Å²) in [5, 5.41) is 14.1. The number of nitrogens with zero attached hydrogens (tertiary/aromatic N) is 4. The zero-order valence-electron chi connectivity index (χ0n) is 15.1. The average Bonchev–Trinajstić information content (AvgIpc) is 3.07. The molecule has 5 nitrogen and oxygen atoms in total. The Morgan fingerprint density at radius 1 is 1.00 bits per heavy atom. The smallest absolute Gasteiger partial charge is 0.216 e. The molecule has 4 aromatic rings. The van der Waals surface area contributed by atoms with Crippen molar-refractivity contribution in [3.05, 3.63) is 77.1 Å². The van der Waals surface area contributed by atoms with E-state index in [1.807, 2.05) is 68.8 Å². The van der Waals surface area contributed by atoms with Crippen molar-refractivity contribution in [3.8, 4) is 11.4 Å². The Labute approximate surface area is 162 Å². The molecule has 1 N–H and O–H groups in total. The molecular formula is C21H19N5S. The third-order valence-electron chi connectivity index (χ3n) is 4.43. The molecule has 0 amide bonds. The molecular weight excluding hydrogens is 354 g/mol. The molecule has 6 heteroatoms. The highest BCUT2D eigenvalue weighted by molar-refractivity contribution is 7.71. The Balaban J connectivity index is 1.74. The van der Waals surface area contributed by atoms with Gasteiger partial charge in [-0.15, -0.1) is 0 Å². The van der Waals surface area contributed by atoms with Gasteiger partial charge in [-0.1, -0.05) is 42.5 Å². The number of H-pyrrole nitrogens is 1. The van der Waals surface area contributed by atoms with Crippen LogP contribution in [-0.4, -0.2) is 35.2 Å². The van der Waals surface area contributed by atoms with E-state index in [-0.39, 0.29) is 0 Å². The van der Waals surface area contributed by atoms with Gasteiger partial charge in [-0.25, -0.2) is 5.10 Å². The quantitative estimate of drug-likeness (QED) is 0.416. The Morgan fingerprint density at radius 3 is 2.52 bits per heavy atom. The monoisotopic (exact) mass is 373 g/mol. The molecule has 0 fully saturated rings. The van der Waals surface area contributed by atoms with E-state index >= 15 is 0 Å². The first-order valence-electron chi connectivity index (χ1n) is 8.61. The molecule has 0 bridgehead atoms. The van der Waals surface area contributed by atoms with Crippen molar-refractivity contribution in [1.82, 2.24) is 14.9 Å². The minimum atomic E-state index is 0.457. The molecule has 1 heterocycles. The molecule has 134 valence electrons. The molecule has 0 radical (unpaired) electrons. The van der Waals surface area contributed by atoms with Gasteiger partial charge in [0.05, 0.1) is 6.21 Å². The molecule has 27 heavy (non-hydrogen) atoms. The fraction of sp³-hybridized carbons (Fsp3) is 0.0952. The van der Waals surface area contributed by atoms with Gasteiger partial charge in [0, 0.05) is 30.9 Å². The van der Waals surface area contributed by atoms with Crippen LogP contribution in [0.15, 0.2) is 71.8 Å². The van der Waals surface area contributed by atoms with Crippen LogP contribution < -0.4 is 4.90 Å². The zero-order chi connectivity index (χ0) is 18.8. The first-order chi connectivity index (χ1) is 13.1. The summed E-state index contributed by atoms with van der Waals surface area (Å²) < 4.78 is 2.11. The number of hydrogen-bond acceptors (Lipinski definition) is 4. The Morgan fingerprint density at radius 2 is 1.74 bits per heavy atom. The van der Waals surface area contributed by atoms with Crippen LogP contribution in [0.5, 0.6) is 0 Å². The fourth-order valence-corrected chi connectivity index (χ4v) is 3.16. The summed E-state index contributed by atoms with van der Waals surface area (Å²) >= 11 is 5.37. The second-order valence-electron chi connectivity index (χ2n) is 6.42. The van der Waals surface area contributed by atoms with E-state index in [2.05, 4.69) is 38.4 Å². The maximum atomic E-state index is 5.37. The molecule has 4 rings (SSSR count). The number of rotatable bonds is 4. The summed E-state index contributed by atoms with van der Waals surface area (Å²) in [5.41, 5.74) is 3.10. The van der Waals surface area contributed by atoms with Crippen molar-refractivity contribution in [2.24, 2.45) is 5.10 Å². The van der Waals surface area contributed by atoms with Crippen LogP contribution in [0.4, 0.5) is 5.69 Å². The topological polar surface area (TPSA) is 49.2 Å². The fourth-order valence-electron chi connectivity index (χ4n) is 2.98. The van der Waals surface area contributed by atoms with Gasteiger partial charge in [-0.05, 0) is 47.3 Å². The van der Waals surface area contributed by atoms with E-state index in [9.17, 15) is 0 Å². The Bertz CT molecular complexity index is 1160. The van der Waals surface area contributed by atoms with Crippen molar-refractivity contribution >= 4 is 34.9 Å². The maximum absolute atomic E-state index is 5.37. The summed E-state index contributed by atoms with van der Waals surface area (Å²) in [6.45, 7) is 0. The van der Waals surface area contributed by atoms with Crippen molar-refractivity contribution in [2.75, 3.05) is 19.0 Å². The molecule has 0 saturated carbocycles. The largest absolute Gasteiger partial charge is 0.378 e. The highest BCUT2D eigenvalue weighted by Gasteiger charge is 2.08. The first kappa shape index (κ1) is 17.2. The lowest BCUT2D eigenvalue weighted by Gasteiger charge is -2.12. The molecule has 0 aliphatic carbocycles. The summed E-state index contributed by atoms with van der Waals surface area (Å²) in [7, 11) is 4.03. The van der Waals surface area contributed by atoms with Crippen LogP contribution in [0.1, 0.15) is 5.56 Å². The summed E-state index contributed by atoms with van der Waals surface area (Å²) in [4.78, 5) is 2.06. The van der Waals surface area contributed by atoms with Gasteiger partial charge in [-0.3, -0.25) is 0 Å². The Hall–Kier alpha value is -3.25. The normalized spacial score (nSPS) is 11.3. The van der Waals surface area contributed by atoms with E-state index in [0.717, 1.165) is 22.2 Å². The lowest BCUT2D eigenvalue weighted by molar-refractivity contribution is 0.872. The lowest BCUT2D eigenvalue weighted by atomic mass is 10.1. The highest BCUT2D eigenvalue weighted by Crippen LogP contribution is 2.21. The number of aromatic amines is 1. The molecule has 0 atom stereocenters. The van der Waals surface area contributed by atoms with Gasteiger partial charge >= 0.3 is 0 Å². The number of hydrogen-bond donors (Lipinski definition) is 1. The van der Waals surface area contributed by atoms with Crippen molar-refractivity contribution in [1.29, 1.82) is 0 Å². The second kappa shape index (κ2) is 7.17. The molecule has 0 aliphatic rings. The lowest BCUT2D eigenvalue weighted by Crippen LogP contribution is -2.08. The Kier molecular flexibility index (Phi) is 4.56. The van der Waals surface area contributed by atoms with E-state index < -0.39 is 0 Å². The third kappa shape index (κ3) is 3.39. The van der Waals surface area contributed by atoms with Crippen LogP contribution in [0.2, 0.25) is 0 Å². The van der Waals surface area contributed by atoms with Crippen LogP contribution >= 0.6 is 12.2 Å². The van der Waals surface area contributed by atoms with Crippen molar-refractivity contribution in [3.63, 3.8) is 0 Å². The summed E-state index contributed by atoms with van der Waals surface area (Å²) in [5.74, 6) is 0.682. The third-order valence-corrected chi connectivity index (χ3v) is 4.69. The van der Waals surface area contributed by atoms with Gasteiger partial charge in [0.2, 0.25) is 4.77 Å². The highest BCUT2D eigenvalue weighted by atomic mass is 32.1. The number of fused-ring (bicyclic) bond motifs is 1. The van der Waals surface area contributed by atoms with Gasteiger partial charge in [-0.2, -0.15) is 14.9 Å². The van der Waals surface area contributed by atoms with E-state index in [1.165, 1.54) is 5.39 Å². The van der Waals surface area contributed by atoms with E-state index in [4.69, 9.17) is 12.2 Å². The van der Waals surface area contributed by atoms with Crippen LogP contribution in [0, 0.1) is 4.77 Å². The number of anilines is 1. The number of nitrogens with one attached hydrogen (secondary N) is 1. The SMILES string of the molecule is CN(C)c1ccc(-c2n[nH]c(=S)n2/N=C/c2cccc3ccccc23)cc1. The molecule has 0 saturated heterocycles. The minimum Gasteiger partial charge on any atom is -0.378 e. The molecule has 3 aromatic carbocycles. The van der Waals surface area contributed by atoms with Crippen LogP contribution in [-0.2, 0) is 0 Å². The maximum Gasteiger partial charge on any atom is 0.216 e. The predicted molar refractivity (Wildman–Crippen MR) is 114 cm³/mol. The van der Waals surface area contributed by atoms with Crippen LogP contribution in [0.3, 0.4) is 0 Å². The molecule has 0 aliphatic heterocycles. The zero-order valence-corrected chi connectivity index (χ0v) is 15.9. The van der Waals surface area contributed by atoms with E-state index in [0.29, 0.717) is 10.6 Å². The molecule has 1 aromatic heterocycles. The second-order valence-corrected chi connectivity index (χ2v) is 6.81. The average molecular weight is 373 g/mol. The minimum absolute atomic E-state index is 0.457. The summed E-state index contributed by atoms with van der Waals surface area (Å²) in [6.07, 6.45) is 1.82. The molecule has 0 unspecified atom stereocenters. The van der Waals surface area contributed by atoms with E-state index in [1.54, 1.807) is 4.68 Å². The standard InChI is InChI=1S/C21H19N5S/c1-25(2)18-12-10-16(11-13-18)20-23-24-21(27)26(20)22-14-17-8-5-7-15-6-3-4-9-19(15)17/h3-14H,1-2H3,(H,24,27)/b22-14+. The summed E-state index contributed by atoms with van der Waals surface area (Å²) in [6, 6.07) is 22.5. The van der Waals surface area contributed by atoms with Gasteiger partial charge < -0.3 is 4.90 Å².